The van der Waals surface area contributed by atoms with Crippen LogP contribution < -0.4 is 0 Å². The van der Waals surface area contributed by atoms with Gasteiger partial charge in [0.25, 0.3) is 0 Å². The van der Waals surface area contributed by atoms with E-state index in [0.717, 1.165) is 12.8 Å². The van der Waals surface area contributed by atoms with Crippen molar-refractivity contribution in [3.8, 4) is 0 Å². The van der Waals surface area contributed by atoms with Crippen molar-refractivity contribution in [1.82, 2.24) is 0 Å². The number of Topliss-reactive ketones (excluding diaryl/α,β-unsaturated/α-hetero) is 1. The molecule has 0 N–H and O–H groups in total. The fourth-order valence-electron chi connectivity index (χ4n) is 2.08. The van der Waals surface area contributed by atoms with Crippen molar-refractivity contribution in [2.45, 2.75) is 32.0 Å². The first-order chi connectivity index (χ1) is 5.76. The fourth-order valence-corrected chi connectivity index (χ4v) is 2.08. The first-order valence-corrected chi connectivity index (χ1v) is 4.57. The highest BCUT2D eigenvalue weighted by molar-refractivity contribution is 5.87. The maximum absolute atomic E-state index is 11.6. The zero-order valence-corrected chi connectivity index (χ0v) is 7.34. The standard InChI is InChI=1S/C9H14O3/c1-7-3-2-4-8(10)9(7)11-5-6-12-9/h7H,2-6H2,1H3. The van der Waals surface area contributed by atoms with E-state index in [9.17, 15) is 4.79 Å². The number of ketones is 1. The lowest BCUT2D eigenvalue weighted by molar-refractivity contribution is -0.205. The minimum absolute atomic E-state index is 0.138. The third kappa shape index (κ3) is 1.00. The van der Waals surface area contributed by atoms with Gasteiger partial charge in [-0.15, -0.1) is 0 Å². The molecule has 1 heterocycles. The van der Waals surface area contributed by atoms with Gasteiger partial charge in [-0.05, 0) is 12.8 Å². The summed E-state index contributed by atoms with van der Waals surface area (Å²) in [5.41, 5.74) is 0. The molecule has 1 aliphatic carbocycles. The largest absolute Gasteiger partial charge is 0.341 e. The van der Waals surface area contributed by atoms with Gasteiger partial charge >= 0.3 is 0 Å². The Morgan fingerprint density at radius 1 is 1.42 bits per heavy atom. The summed E-state index contributed by atoms with van der Waals surface area (Å²) in [6.45, 7) is 3.16. The van der Waals surface area contributed by atoms with E-state index in [-0.39, 0.29) is 11.7 Å². The third-order valence-corrected chi connectivity index (χ3v) is 2.79. The summed E-state index contributed by atoms with van der Waals surface area (Å²) in [5.74, 6) is -0.488. The first kappa shape index (κ1) is 8.20. The van der Waals surface area contributed by atoms with Crippen molar-refractivity contribution in [2.75, 3.05) is 13.2 Å². The molecule has 0 bridgehead atoms. The van der Waals surface area contributed by atoms with Crippen molar-refractivity contribution in [1.29, 1.82) is 0 Å². The van der Waals surface area contributed by atoms with Gasteiger partial charge in [0.15, 0.2) is 5.78 Å². The van der Waals surface area contributed by atoms with Crippen LogP contribution in [0.4, 0.5) is 0 Å². The predicted octanol–water partition coefficient (Wildman–Crippen LogP) is 1.12. The topological polar surface area (TPSA) is 35.5 Å². The van der Waals surface area contributed by atoms with E-state index in [1.54, 1.807) is 0 Å². The third-order valence-electron chi connectivity index (χ3n) is 2.79. The van der Waals surface area contributed by atoms with E-state index in [2.05, 4.69) is 0 Å². The molecule has 1 atom stereocenters. The Labute approximate surface area is 72.0 Å². The average molecular weight is 170 g/mol. The molecule has 1 unspecified atom stereocenters. The highest BCUT2D eigenvalue weighted by atomic mass is 16.7. The molecule has 68 valence electrons. The van der Waals surface area contributed by atoms with Gasteiger partial charge in [0.05, 0.1) is 13.2 Å². The predicted molar refractivity (Wildman–Crippen MR) is 42.7 cm³/mol. The Bertz CT molecular complexity index is 194. The molecule has 2 fully saturated rings. The Balaban J connectivity index is 2.22. The SMILES string of the molecule is CC1CCCC(=O)C12OCCO2. The summed E-state index contributed by atoms with van der Waals surface area (Å²) in [6, 6.07) is 0. The van der Waals surface area contributed by atoms with Crippen LogP contribution in [0.5, 0.6) is 0 Å². The zero-order valence-electron chi connectivity index (χ0n) is 7.34. The van der Waals surface area contributed by atoms with Crippen LogP contribution in [0.3, 0.4) is 0 Å². The van der Waals surface area contributed by atoms with Gasteiger partial charge in [-0.2, -0.15) is 0 Å². The minimum atomic E-state index is -0.849. The Kier molecular flexibility index (Phi) is 1.93. The number of carbonyl (C=O) groups excluding carboxylic acids is 1. The monoisotopic (exact) mass is 170 g/mol. The lowest BCUT2D eigenvalue weighted by Gasteiger charge is -2.35. The summed E-state index contributed by atoms with van der Waals surface area (Å²) in [5, 5.41) is 0. The van der Waals surface area contributed by atoms with E-state index >= 15 is 0 Å². The van der Waals surface area contributed by atoms with Crippen molar-refractivity contribution < 1.29 is 14.3 Å². The average Bonchev–Trinajstić information content (AvgIpc) is 2.50. The highest BCUT2D eigenvalue weighted by Gasteiger charge is 2.50. The maximum Gasteiger partial charge on any atom is 0.231 e. The van der Waals surface area contributed by atoms with Gasteiger partial charge in [0.1, 0.15) is 0 Å². The smallest absolute Gasteiger partial charge is 0.231 e. The molecular weight excluding hydrogens is 156 g/mol. The number of carbonyl (C=O) groups is 1. The molecule has 1 saturated heterocycles. The molecule has 0 aromatic heterocycles. The van der Waals surface area contributed by atoms with Gasteiger partial charge < -0.3 is 9.47 Å². The highest BCUT2D eigenvalue weighted by Crippen LogP contribution is 2.37. The molecular formula is C9H14O3. The van der Waals surface area contributed by atoms with E-state index in [1.165, 1.54) is 0 Å². The molecule has 0 amide bonds. The molecule has 1 saturated carbocycles. The fraction of sp³-hybridized carbons (Fsp3) is 0.889. The Morgan fingerprint density at radius 2 is 2.08 bits per heavy atom. The van der Waals surface area contributed by atoms with Crippen molar-refractivity contribution in [2.24, 2.45) is 5.92 Å². The van der Waals surface area contributed by atoms with Crippen molar-refractivity contribution >= 4 is 5.78 Å². The zero-order chi connectivity index (χ0) is 8.60. The van der Waals surface area contributed by atoms with Gasteiger partial charge in [-0.1, -0.05) is 6.92 Å². The second-order valence-corrected chi connectivity index (χ2v) is 3.58. The molecule has 12 heavy (non-hydrogen) atoms. The van der Waals surface area contributed by atoms with Crippen LogP contribution in [-0.2, 0) is 14.3 Å². The van der Waals surface area contributed by atoms with Crippen LogP contribution in [0.25, 0.3) is 0 Å². The Hall–Kier alpha value is -0.410. The number of hydrogen-bond acceptors (Lipinski definition) is 3. The molecule has 0 aromatic rings. The number of rotatable bonds is 0. The molecule has 1 spiro atoms. The molecule has 0 radical (unpaired) electrons. The second kappa shape index (κ2) is 2.82. The van der Waals surface area contributed by atoms with Gasteiger partial charge in [-0.25, -0.2) is 0 Å². The van der Waals surface area contributed by atoms with Crippen LogP contribution in [-0.4, -0.2) is 24.8 Å². The van der Waals surface area contributed by atoms with E-state index < -0.39 is 5.79 Å². The number of hydrogen-bond donors (Lipinski definition) is 0. The summed E-state index contributed by atoms with van der Waals surface area (Å²) in [4.78, 5) is 11.6. The van der Waals surface area contributed by atoms with Crippen LogP contribution in [0.2, 0.25) is 0 Å². The minimum Gasteiger partial charge on any atom is -0.341 e. The van der Waals surface area contributed by atoms with E-state index in [0.29, 0.717) is 19.6 Å². The van der Waals surface area contributed by atoms with Gasteiger partial charge in [0.2, 0.25) is 5.79 Å². The maximum atomic E-state index is 11.6. The van der Waals surface area contributed by atoms with Gasteiger partial charge in [-0.3, -0.25) is 4.79 Å². The van der Waals surface area contributed by atoms with Crippen molar-refractivity contribution in [3.63, 3.8) is 0 Å². The summed E-state index contributed by atoms with van der Waals surface area (Å²) >= 11 is 0. The lowest BCUT2D eigenvalue weighted by atomic mass is 9.83. The van der Waals surface area contributed by atoms with E-state index in [1.807, 2.05) is 6.92 Å². The number of ether oxygens (including phenoxy) is 2. The normalized spacial score (nSPS) is 34.4. The Morgan fingerprint density at radius 3 is 2.67 bits per heavy atom. The second-order valence-electron chi connectivity index (χ2n) is 3.58. The van der Waals surface area contributed by atoms with Crippen LogP contribution >= 0.6 is 0 Å². The van der Waals surface area contributed by atoms with Crippen molar-refractivity contribution in [3.05, 3.63) is 0 Å². The summed E-state index contributed by atoms with van der Waals surface area (Å²) < 4.78 is 10.9. The van der Waals surface area contributed by atoms with Crippen LogP contribution in [0.1, 0.15) is 26.2 Å². The summed E-state index contributed by atoms with van der Waals surface area (Å²) in [6.07, 6.45) is 2.63. The molecule has 1 aliphatic heterocycles. The van der Waals surface area contributed by atoms with Crippen LogP contribution in [0, 0.1) is 5.92 Å². The first-order valence-electron chi connectivity index (χ1n) is 4.57. The molecule has 0 aromatic carbocycles. The van der Waals surface area contributed by atoms with E-state index in [4.69, 9.17) is 9.47 Å². The van der Waals surface area contributed by atoms with Gasteiger partial charge in [0, 0.05) is 12.3 Å². The lowest BCUT2D eigenvalue weighted by Crippen LogP contribution is -2.48. The van der Waals surface area contributed by atoms with Crippen LogP contribution in [0.15, 0.2) is 0 Å². The quantitative estimate of drug-likeness (QED) is 0.546. The molecule has 2 aliphatic rings. The molecule has 3 heteroatoms. The molecule has 3 nitrogen and oxygen atoms in total. The summed E-state index contributed by atoms with van der Waals surface area (Å²) in [7, 11) is 0. The molecule has 2 rings (SSSR count).